The van der Waals surface area contributed by atoms with E-state index >= 15 is 0 Å². The monoisotopic (exact) mass is 245 g/mol. The molecule has 0 aromatic carbocycles. The van der Waals surface area contributed by atoms with Gasteiger partial charge >= 0.3 is 0 Å². The molecule has 0 aliphatic heterocycles. The predicted octanol–water partition coefficient (Wildman–Crippen LogP) is 1.73. The summed E-state index contributed by atoms with van der Waals surface area (Å²) in [6, 6.07) is -1.12. The highest BCUT2D eigenvalue weighted by molar-refractivity contribution is 9.10. The molecule has 2 rings (SSSR count). The van der Waals surface area contributed by atoms with Gasteiger partial charge in [-0.25, -0.2) is 4.68 Å². The third-order valence-electron chi connectivity index (χ3n) is 1.19. The Morgan fingerprint density at radius 3 is 3.15 bits per heavy atom. The van der Waals surface area contributed by atoms with Crippen molar-refractivity contribution in [2.45, 2.75) is 6.85 Å². The van der Waals surface area contributed by atoms with Crippen LogP contribution in [0.1, 0.15) is 15.3 Å². The topological polar surface area (TPSA) is 43.6 Å². The van der Waals surface area contributed by atoms with E-state index in [-0.39, 0.29) is 22.6 Å². The van der Waals surface area contributed by atoms with E-state index in [9.17, 15) is 0 Å². The summed E-state index contributed by atoms with van der Waals surface area (Å²) in [7, 11) is 0. The molecule has 0 saturated carbocycles. The van der Waals surface area contributed by atoms with Gasteiger partial charge in [0.15, 0.2) is 5.82 Å². The fraction of sp³-hybridized carbons (Fsp3) is 0.125. The standard InChI is InChI=1S/C8H7BrN4/c1-6-2-3-8(12-11-6)13-5-7(9)4-10-13/h2-5H,1H3/i1D3,2D,3D,4D,5D. The van der Waals surface area contributed by atoms with Crippen LogP contribution in [0.3, 0.4) is 0 Å². The smallest absolute Gasteiger partial charge is 0.175 e. The second kappa shape index (κ2) is 3.26. The third kappa shape index (κ3) is 1.75. The van der Waals surface area contributed by atoms with Gasteiger partial charge in [-0.2, -0.15) is 10.2 Å². The van der Waals surface area contributed by atoms with Crippen molar-refractivity contribution < 1.29 is 9.60 Å². The van der Waals surface area contributed by atoms with Crippen molar-refractivity contribution in [2.75, 3.05) is 0 Å². The molecule has 0 saturated heterocycles. The molecule has 0 aliphatic carbocycles. The van der Waals surface area contributed by atoms with E-state index < -0.39 is 24.6 Å². The molecule has 0 fully saturated rings. The van der Waals surface area contributed by atoms with Crippen molar-refractivity contribution in [3.8, 4) is 5.82 Å². The van der Waals surface area contributed by atoms with Crippen molar-refractivity contribution in [1.82, 2.24) is 20.0 Å². The summed E-state index contributed by atoms with van der Waals surface area (Å²) in [5.74, 6) is -0.271. The van der Waals surface area contributed by atoms with E-state index in [2.05, 4.69) is 31.2 Å². The summed E-state index contributed by atoms with van der Waals surface area (Å²) in [4.78, 5) is 0. The van der Waals surface area contributed by atoms with Gasteiger partial charge < -0.3 is 0 Å². The molecule has 13 heavy (non-hydrogen) atoms. The number of aryl methyl sites for hydroxylation is 1. The molecule has 2 aromatic heterocycles. The van der Waals surface area contributed by atoms with Crippen LogP contribution >= 0.6 is 15.9 Å². The Kier molecular flexibility index (Phi) is 0.875. The molecule has 2 aromatic rings. The number of hydrogen-bond donors (Lipinski definition) is 0. The fourth-order valence-electron chi connectivity index (χ4n) is 0.695. The lowest BCUT2D eigenvalue weighted by Crippen LogP contribution is -1.99. The molecular formula is C8H7BrN4. The van der Waals surface area contributed by atoms with Gasteiger partial charge in [0.2, 0.25) is 0 Å². The molecule has 0 bridgehead atoms. The normalized spacial score (nSPS) is 19.0. The lowest BCUT2D eigenvalue weighted by molar-refractivity contribution is 0.806. The Morgan fingerprint density at radius 1 is 1.54 bits per heavy atom. The summed E-state index contributed by atoms with van der Waals surface area (Å²) in [5, 5.41) is 10.7. The zero-order valence-electron chi connectivity index (χ0n) is 13.2. The average Bonchev–Trinajstić information content (AvgIpc) is 2.59. The third-order valence-corrected chi connectivity index (χ3v) is 1.54. The van der Waals surface area contributed by atoms with Crippen LogP contribution in [-0.4, -0.2) is 20.0 Å². The first kappa shape index (κ1) is 3.49. The second-order valence-corrected chi connectivity index (χ2v) is 2.86. The van der Waals surface area contributed by atoms with Crippen LogP contribution < -0.4 is 0 Å². The predicted molar refractivity (Wildman–Crippen MR) is 51.6 cm³/mol. The SMILES string of the molecule is [2H]c1nn(-c2nnc(C([2H])([2H])[2H])c([2H])c2[2H])c([2H])c1Br. The quantitative estimate of drug-likeness (QED) is 0.769. The minimum Gasteiger partial charge on any atom is -0.220 e. The van der Waals surface area contributed by atoms with E-state index in [1.165, 1.54) is 0 Å². The van der Waals surface area contributed by atoms with E-state index in [4.69, 9.17) is 9.60 Å². The highest BCUT2D eigenvalue weighted by atomic mass is 79.9. The van der Waals surface area contributed by atoms with Crippen molar-refractivity contribution >= 4 is 15.9 Å². The van der Waals surface area contributed by atoms with Gasteiger partial charge in [-0.05, 0) is 34.9 Å². The number of rotatable bonds is 1. The molecule has 0 amide bonds. The van der Waals surface area contributed by atoms with Crippen LogP contribution in [0.4, 0.5) is 0 Å². The maximum Gasteiger partial charge on any atom is 0.175 e. The number of hydrogen-bond acceptors (Lipinski definition) is 3. The highest BCUT2D eigenvalue weighted by Crippen LogP contribution is 2.09. The van der Waals surface area contributed by atoms with Crippen LogP contribution in [0.2, 0.25) is 0 Å². The number of aromatic nitrogens is 4. The Morgan fingerprint density at radius 2 is 2.46 bits per heavy atom. The van der Waals surface area contributed by atoms with Crippen LogP contribution in [0.25, 0.3) is 5.82 Å². The van der Waals surface area contributed by atoms with Crippen molar-refractivity contribution in [2.24, 2.45) is 0 Å². The Hall–Kier alpha value is -1.23. The summed E-state index contributed by atoms with van der Waals surface area (Å²) in [5.41, 5.74) is -0.588. The molecule has 4 nitrogen and oxygen atoms in total. The summed E-state index contributed by atoms with van der Waals surface area (Å²) in [6.45, 7) is -2.65. The lowest BCUT2D eigenvalue weighted by atomic mass is 10.4. The van der Waals surface area contributed by atoms with Gasteiger partial charge in [-0.15, -0.1) is 5.10 Å². The molecule has 0 spiro atoms. The van der Waals surface area contributed by atoms with E-state index in [1.807, 2.05) is 0 Å². The fourth-order valence-corrected chi connectivity index (χ4v) is 0.942. The first-order valence-corrected chi connectivity index (χ1v) is 4.00. The summed E-state index contributed by atoms with van der Waals surface area (Å²) in [6.07, 6.45) is -0.471. The summed E-state index contributed by atoms with van der Waals surface area (Å²) >= 11 is 2.98. The van der Waals surface area contributed by atoms with Gasteiger partial charge in [-0.3, -0.25) is 0 Å². The second-order valence-electron chi connectivity index (χ2n) is 2.07. The highest BCUT2D eigenvalue weighted by Gasteiger charge is 1.99. The minimum atomic E-state index is -2.65. The van der Waals surface area contributed by atoms with E-state index in [1.54, 1.807) is 0 Å². The first-order chi connectivity index (χ1) is 9.14. The molecule has 2 heterocycles. The van der Waals surface area contributed by atoms with Gasteiger partial charge in [0.25, 0.3) is 0 Å². The molecule has 0 aliphatic rings. The Labute approximate surface area is 93.6 Å². The maximum absolute atomic E-state index is 7.77. The Balaban J connectivity index is 2.66. The average molecular weight is 246 g/mol. The van der Waals surface area contributed by atoms with E-state index in [0.29, 0.717) is 0 Å². The van der Waals surface area contributed by atoms with Crippen LogP contribution in [-0.2, 0) is 0 Å². The van der Waals surface area contributed by atoms with Crippen molar-refractivity contribution in [1.29, 1.82) is 0 Å². The van der Waals surface area contributed by atoms with Crippen LogP contribution in [0.5, 0.6) is 0 Å². The lowest BCUT2D eigenvalue weighted by Gasteiger charge is -1.97. The Bertz CT molecular complexity index is 680. The van der Waals surface area contributed by atoms with Gasteiger partial charge in [-0.1, -0.05) is 0 Å². The molecule has 0 atom stereocenters. The van der Waals surface area contributed by atoms with Crippen LogP contribution in [0, 0.1) is 6.85 Å². The zero-order valence-corrected chi connectivity index (χ0v) is 7.75. The van der Waals surface area contributed by atoms with Crippen molar-refractivity contribution in [3.05, 3.63) is 34.6 Å². The first-order valence-electron chi connectivity index (χ1n) is 6.71. The van der Waals surface area contributed by atoms with Gasteiger partial charge in [0, 0.05) is 10.3 Å². The molecule has 0 N–H and O–H groups in total. The zero-order chi connectivity index (χ0) is 15.2. The minimum absolute atomic E-state index is 0.102. The number of nitrogens with zero attached hydrogens (tertiary/aromatic N) is 4. The molecular weight excluding hydrogens is 232 g/mol. The van der Waals surface area contributed by atoms with E-state index in [0.717, 1.165) is 4.68 Å². The largest absolute Gasteiger partial charge is 0.220 e. The van der Waals surface area contributed by atoms with Gasteiger partial charge in [0.1, 0.15) is 0 Å². The van der Waals surface area contributed by atoms with Crippen molar-refractivity contribution in [3.63, 3.8) is 0 Å². The molecule has 66 valence electrons. The maximum atomic E-state index is 7.77. The van der Waals surface area contributed by atoms with Gasteiger partial charge in [0.05, 0.1) is 21.8 Å². The number of halogens is 1. The molecule has 0 unspecified atom stereocenters. The summed E-state index contributed by atoms with van der Waals surface area (Å²) < 4.78 is 53.1. The van der Waals surface area contributed by atoms with Crippen LogP contribution in [0.15, 0.2) is 28.9 Å². The molecule has 0 radical (unpaired) electrons. The molecule has 5 heteroatoms.